The normalized spacial score (nSPS) is 37.9. The third-order valence-electron chi connectivity index (χ3n) is 8.78. The van der Waals surface area contributed by atoms with E-state index in [4.69, 9.17) is 28.4 Å². The van der Waals surface area contributed by atoms with Gasteiger partial charge in [0.25, 0.3) is 0 Å². The minimum atomic E-state index is -0.309. The van der Waals surface area contributed by atoms with Crippen LogP contribution in [-0.2, 0) is 28.4 Å². The number of aromatic hydroxyl groups is 1. The topological polar surface area (TPSA) is 75.6 Å². The SMILES string of the molecule is CCCC(CC(CCC12COC(CC(OC)C1)O2)c1cccc(O)c1)C12COC(CC(OC)C1)O2. The monoisotopic (exact) mass is 490 g/mol. The minimum Gasteiger partial charge on any atom is -0.508 e. The van der Waals surface area contributed by atoms with Crippen LogP contribution in [0, 0.1) is 5.92 Å². The number of phenolic OH excluding ortho intramolecular Hbond substituents is 1. The lowest BCUT2D eigenvalue weighted by Crippen LogP contribution is -2.48. The first kappa shape index (κ1) is 25.4. The molecular weight excluding hydrogens is 448 g/mol. The molecule has 4 bridgehead atoms. The minimum absolute atomic E-state index is 0.158. The highest BCUT2D eigenvalue weighted by atomic mass is 16.7. The van der Waals surface area contributed by atoms with Crippen molar-refractivity contribution >= 4 is 0 Å². The summed E-state index contributed by atoms with van der Waals surface area (Å²) in [7, 11) is 3.57. The highest BCUT2D eigenvalue weighted by Gasteiger charge is 2.53. The van der Waals surface area contributed by atoms with Crippen LogP contribution in [0.2, 0.25) is 0 Å². The summed E-state index contributed by atoms with van der Waals surface area (Å²) in [5.41, 5.74) is 0.571. The van der Waals surface area contributed by atoms with Crippen LogP contribution < -0.4 is 0 Å². The largest absolute Gasteiger partial charge is 0.508 e. The van der Waals surface area contributed by atoms with Crippen molar-refractivity contribution in [2.75, 3.05) is 27.4 Å². The van der Waals surface area contributed by atoms with Gasteiger partial charge in [0.15, 0.2) is 12.6 Å². The van der Waals surface area contributed by atoms with Gasteiger partial charge in [-0.3, -0.25) is 0 Å². The van der Waals surface area contributed by atoms with Crippen LogP contribution in [0.15, 0.2) is 24.3 Å². The van der Waals surface area contributed by atoms with Crippen LogP contribution in [0.4, 0.5) is 0 Å². The number of rotatable bonds is 11. The molecule has 8 atom stereocenters. The molecule has 0 saturated carbocycles. The summed E-state index contributed by atoms with van der Waals surface area (Å²) >= 11 is 0. The molecule has 4 aliphatic rings. The van der Waals surface area contributed by atoms with Crippen LogP contribution in [0.5, 0.6) is 5.75 Å². The highest BCUT2D eigenvalue weighted by Crippen LogP contribution is 2.49. The lowest BCUT2D eigenvalue weighted by molar-refractivity contribution is -0.178. The van der Waals surface area contributed by atoms with Crippen molar-refractivity contribution in [3.8, 4) is 5.75 Å². The number of hydrogen-bond donors (Lipinski definition) is 1. The van der Waals surface area contributed by atoms with Gasteiger partial charge < -0.3 is 33.5 Å². The number of phenols is 1. The van der Waals surface area contributed by atoms with E-state index >= 15 is 0 Å². The second-order valence-corrected chi connectivity index (χ2v) is 11.1. The Morgan fingerprint density at radius 2 is 1.74 bits per heavy atom. The van der Waals surface area contributed by atoms with E-state index in [2.05, 4.69) is 13.0 Å². The first-order valence-electron chi connectivity index (χ1n) is 13.4. The molecule has 7 nitrogen and oxygen atoms in total. The van der Waals surface area contributed by atoms with Crippen molar-refractivity contribution in [3.05, 3.63) is 29.8 Å². The molecule has 8 unspecified atom stereocenters. The fourth-order valence-electron chi connectivity index (χ4n) is 6.90. The second kappa shape index (κ2) is 10.6. The van der Waals surface area contributed by atoms with Crippen molar-refractivity contribution in [2.24, 2.45) is 5.92 Å². The molecule has 0 aliphatic carbocycles. The Morgan fingerprint density at radius 1 is 1.00 bits per heavy atom. The maximum absolute atomic E-state index is 10.3. The fraction of sp³-hybridized carbons (Fsp3) is 0.786. The van der Waals surface area contributed by atoms with Crippen molar-refractivity contribution in [3.63, 3.8) is 0 Å². The Bertz CT molecular complexity index is 848. The lowest BCUT2D eigenvalue weighted by Gasteiger charge is -2.43. The quantitative estimate of drug-likeness (QED) is 0.473. The third kappa shape index (κ3) is 5.41. The standard InChI is InChI=1S/C28H42O7/c1-4-6-21(28-16-24(31-3)14-26(35-28)33-18-28)11-20(19-7-5-8-22(29)12-19)9-10-27-15-23(30-2)13-25(34-27)32-17-27/h5,7-8,12,20-21,23-26,29H,4,6,9-11,13-18H2,1-3H3. The Morgan fingerprint density at radius 3 is 2.49 bits per heavy atom. The van der Waals surface area contributed by atoms with Crippen LogP contribution >= 0.6 is 0 Å². The van der Waals surface area contributed by atoms with E-state index in [1.807, 2.05) is 12.1 Å². The highest BCUT2D eigenvalue weighted by molar-refractivity contribution is 5.30. The molecule has 1 aromatic carbocycles. The summed E-state index contributed by atoms with van der Waals surface area (Å²) in [5, 5.41) is 10.3. The number of methoxy groups -OCH3 is 2. The zero-order valence-corrected chi connectivity index (χ0v) is 21.4. The Kier molecular flexibility index (Phi) is 7.73. The molecule has 4 saturated heterocycles. The predicted octanol–water partition coefficient (Wildman–Crippen LogP) is 4.90. The molecule has 4 fully saturated rings. The van der Waals surface area contributed by atoms with Crippen molar-refractivity contribution < 1.29 is 33.5 Å². The van der Waals surface area contributed by atoms with Gasteiger partial charge in [-0.25, -0.2) is 0 Å². The number of hydrogen-bond acceptors (Lipinski definition) is 7. The Hall–Kier alpha value is -1.22. The zero-order valence-electron chi connectivity index (χ0n) is 21.4. The molecule has 35 heavy (non-hydrogen) atoms. The molecule has 0 radical (unpaired) electrons. The van der Waals surface area contributed by atoms with Gasteiger partial charge in [0, 0.05) is 39.9 Å². The maximum Gasteiger partial charge on any atom is 0.161 e. The Labute approximate surface area is 209 Å². The first-order valence-corrected chi connectivity index (χ1v) is 13.4. The van der Waals surface area contributed by atoms with E-state index in [0.717, 1.165) is 57.8 Å². The van der Waals surface area contributed by atoms with Crippen LogP contribution in [0.25, 0.3) is 0 Å². The van der Waals surface area contributed by atoms with Gasteiger partial charge in [0.2, 0.25) is 0 Å². The molecule has 196 valence electrons. The summed E-state index contributed by atoms with van der Waals surface area (Å²) < 4.78 is 36.4. The van der Waals surface area contributed by atoms with E-state index < -0.39 is 0 Å². The van der Waals surface area contributed by atoms with Crippen molar-refractivity contribution in [2.45, 2.75) is 107 Å². The summed E-state index contributed by atoms with van der Waals surface area (Å²) in [6.45, 7) is 3.50. The Balaban J connectivity index is 1.37. The van der Waals surface area contributed by atoms with Crippen LogP contribution in [-0.4, -0.2) is 68.5 Å². The van der Waals surface area contributed by atoms with Gasteiger partial charge in [-0.15, -0.1) is 0 Å². The molecule has 0 amide bonds. The molecule has 4 heterocycles. The zero-order chi connectivity index (χ0) is 24.5. The van der Waals surface area contributed by atoms with E-state index in [1.54, 1.807) is 20.3 Å². The number of benzene rings is 1. The molecule has 0 aromatic heterocycles. The fourth-order valence-corrected chi connectivity index (χ4v) is 6.90. The van der Waals surface area contributed by atoms with Gasteiger partial charge in [-0.1, -0.05) is 25.5 Å². The van der Waals surface area contributed by atoms with Gasteiger partial charge in [-0.2, -0.15) is 0 Å². The molecule has 1 aromatic rings. The maximum atomic E-state index is 10.3. The second-order valence-electron chi connectivity index (χ2n) is 11.1. The van der Waals surface area contributed by atoms with Crippen molar-refractivity contribution in [1.82, 2.24) is 0 Å². The summed E-state index contributed by atoms with van der Waals surface area (Å²) in [4.78, 5) is 0. The molecule has 1 N–H and O–H groups in total. The first-order chi connectivity index (χ1) is 17.0. The average Bonchev–Trinajstić information content (AvgIpc) is 3.35. The van der Waals surface area contributed by atoms with Gasteiger partial charge in [0.1, 0.15) is 5.75 Å². The van der Waals surface area contributed by atoms with E-state index in [9.17, 15) is 5.11 Å². The molecule has 7 heteroatoms. The number of fused-ring (bicyclic) bond motifs is 4. The van der Waals surface area contributed by atoms with Gasteiger partial charge in [-0.05, 0) is 55.2 Å². The van der Waals surface area contributed by atoms with Crippen molar-refractivity contribution in [1.29, 1.82) is 0 Å². The third-order valence-corrected chi connectivity index (χ3v) is 8.78. The van der Waals surface area contributed by atoms with E-state index in [-0.39, 0.29) is 41.9 Å². The molecular formula is C28H42O7. The summed E-state index contributed by atoms with van der Waals surface area (Å²) in [6, 6.07) is 7.75. The number of ether oxygens (including phenoxy) is 6. The van der Waals surface area contributed by atoms with Gasteiger partial charge >= 0.3 is 0 Å². The van der Waals surface area contributed by atoms with E-state index in [1.165, 1.54) is 5.56 Å². The molecule has 0 spiro atoms. The smallest absolute Gasteiger partial charge is 0.161 e. The predicted molar refractivity (Wildman–Crippen MR) is 130 cm³/mol. The van der Waals surface area contributed by atoms with Gasteiger partial charge in [0.05, 0.1) is 36.6 Å². The summed E-state index contributed by atoms with van der Waals surface area (Å²) in [5.74, 6) is 0.913. The summed E-state index contributed by atoms with van der Waals surface area (Å²) in [6.07, 6.45) is 8.33. The molecule has 5 rings (SSSR count). The lowest BCUT2D eigenvalue weighted by atomic mass is 9.72. The van der Waals surface area contributed by atoms with E-state index in [0.29, 0.717) is 24.9 Å². The average molecular weight is 491 g/mol. The molecule has 4 aliphatic heterocycles. The van der Waals surface area contributed by atoms with Crippen LogP contribution in [0.1, 0.15) is 76.2 Å². The van der Waals surface area contributed by atoms with Crippen LogP contribution in [0.3, 0.4) is 0 Å².